The van der Waals surface area contributed by atoms with Gasteiger partial charge in [-0.3, -0.25) is 4.98 Å². The average Bonchev–Trinajstić information content (AvgIpc) is 2.83. The number of likely N-dealkylation sites (N-methyl/N-ethyl adjacent to an activating group) is 1. The molecule has 1 aliphatic rings. The van der Waals surface area contributed by atoms with Crippen LogP contribution in [0.4, 0.5) is 27.8 Å². The Hall–Kier alpha value is -2.79. The fraction of sp³-hybridized carbons (Fsp3) is 0.480. The monoisotopic (exact) mass is 545 g/mol. The summed E-state index contributed by atoms with van der Waals surface area (Å²) < 4.78 is 76.0. The minimum absolute atomic E-state index is 0.0755. The van der Waals surface area contributed by atoms with Gasteiger partial charge >= 0.3 is 6.18 Å². The average molecular weight is 546 g/mol. The van der Waals surface area contributed by atoms with E-state index in [4.69, 9.17) is 16.3 Å². The minimum Gasteiger partial charge on any atom is -0.501 e. The first-order chi connectivity index (χ1) is 17.4. The Morgan fingerprint density at radius 3 is 2.49 bits per heavy atom. The van der Waals surface area contributed by atoms with Crippen molar-refractivity contribution in [3.8, 4) is 11.5 Å². The summed E-state index contributed by atoms with van der Waals surface area (Å²) in [6, 6.07) is 2.88. The molecule has 2 unspecified atom stereocenters. The van der Waals surface area contributed by atoms with Crippen molar-refractivity contribution in [2.45, 2.75) is 51.5 Å². The number of alkyl halides is 4. The Labute approximate surface area is 217 Å². The Kier molecular flexibility index (Phi) is 9.12. The molecule has 1 N–H and O–H groups in total. The van der Waals surface area contributed by atoms with Gasteiger partial charge in [0.05, 0.1) is 12.7 Å². The fourth-order valence-corrected chi connectivity index (χ4v) is 4.28. The number of hydrogen-bond donors (Lipinski definition) is 1. The molecule has 0 radical (unpaired) electrons. The molecule has 0 aliphatic heterocycles. The lowest BCUT2D eigenvalue weighted by atomic mass is 9.87. The first kappa shape index (κ1) is 28.8. The van der Waals surface area contributed by atoms with Gasteiger partial charge in [0.25, 0.3) is 0 Å². The van der Waals surface area contributed by atoms with Gasteiger partial charge in [0.1, 0.15) is 41.0 Å². The second kappa shape index (κ2) is 11.7. The van der Waals surface area contributed by atoms with Gasteiger partial charge in [-0.15, -0.1) is 0 Å². The maximum absolute atomic E-state index is 16.0. The molecule has 2 atom stereocenters. The lowest BCUT2D eigenvalue weighted by molar-refractivity contribution is -0.115. The molecule has 202 valence electrons. The molecule has 3 rings (SSSR count). The van der Waals surface area contributed by atoms with E-state index >= 15 is 8.78 Å². The second-order valence-corrected chi connectivity index (χ2v) is 9.27. The van der Waals surface area contributed by atoms with Crippen molar-refractivity contribution in [1.82, 2.24) is 19.9 Å². The van der Waals surface area contributed by atoms with Gasteiger partial charge in [-0.25, -0.2) is 18.7 Å². The van der Waals surface area contributed by atoms with E-state index in [0.717, 1.165) is 18.4 Å². The highest BCUT2D eigenvalue weighted by Crippen LogP contribution is 2.45. The third-order valence-electron chi connectivity index (χ3n) is 6.07. The van der Waals surface area contributed by atoms with E-state index in [1.807, 2.05) is 6.92 Å². The van der Waals surface area contributed by atoms with Crippen LogP contribution in [0.2, 0.25) is 5.15 Å². The van der Waals surface area contributed by atoms with Crippen molar-refractivity contribution < 1.29 is 26.7 Å². The molecular weight excluding hydrogens is 517 g/mol. The number of ether oxygens (including phenoxy) is 1. The predicted molar refractivity (Wildman–Crippen MR) is 134 cm³/mol. The largest absolute Gasteiger partial charge is 0.501 e. The maximum Gasteiger partial charge on any atom is 0.405 e. The van der Waals surface area contributed by atoms with Crippen LogP contribution in [0.1, 0.15) is 37.8 Å². The summed E-state index contributed by atoms with van der Waals surface area (Å²) in [4.78, 5) is 14.3. The summed E-state index contributed by atoms with van der Waals surface area (Å²) in [5.74, 6) is -1.40. The van der Waals surface area contributed by atoms with Gasteiger partial charge in [-0.1, -0.05) is 31.0 Å². The van der Waals surface area contributed by atoms with Gasteiger partial charge < -0.3 is 15.0 Å². The van der Waals surface area contributed by atoms with E-state index in [1.165, 1.54) is 7.11 Å². The fourth-order valence-electron chi connectivity index (χ4n) is 4.01. The molecule has 0 spiro atoms. The number of rotatable bonds is 9. The lowest BCUT2D eigenvalue weighted by Crippen LogP contribution is -2.31. The number of methoxy groups -OCH3 is 1. The number of aromatic nitrogens is 3. The Bertz CT molecular complexity index is 1180. The zero-order valence-corrected chi connectivity index (χ0v) is 21.9. The second-order valence-electron chi connectivity index (χ2n) is 8.91. The smallest absolute Gasteiger partial charge is 0.405 e. The quantitative estimate of drug-likeness (QED) is 0.291. The van der Waals surface area contributed by atoms with Gasteiger partial charge in [0, 0.05) is 29.8 Å². The number of anilines is 1. The SMILES string of the molecule is CCCc1ccc(-c2nc(Cl)c(C3=C(F)C(C(C)N(C)C)=C(OC)CC3F)c(NCC(F)(F)F)n2)nc1. The molecule has 2 aromatic rings. The maximum atomic E-state index is 16.0. The van der Waals surface area contributed by atoms with Crippen LogP contribution in [0.15, 0.2) is 35.5 Å². The van der Waals surface area contributed by atoms with E-state index in [0.29, 0.717) is 0 Å². The molecule has 0 saturated carbocycles. The molecule has 2 aromatic heterocycles. The Morgan fingerprint density at radius 1 is 1.24 bits per heavy atom. The molecule has 12 heteroatoms. The summed E-state index contributed by atoms with van der Waals surface area (Å²) in [5, 5.41) is 1.75. The Balaban J connectivity index is 2.21. The molecule has 0 aromatic carbocycles. The number of nitrogens with zero attached hydrogens (tertiary/aromatic N) is 4. The molecule has 6 nitrogen and oxygen atoms in total. The van der Waals surface area contributed by atoms with E-state index < -0.39 is 47.3 Å². The summed E-state index contributed by atoms with van der Waals surface area (Å²) >= 11 is 6.41. The normalized spacial score (nSPS) is 17.5. The van der Waals surface area contributed by atoms with Crippen LogP contribution in [0, 0.1) is 0 Å². The van der Waals surface area contributed by atoms with E-state index in [2.05, 4.69) is 20.3 Å². The zero-order chi connectivity index (χ0) is 27.5. The molecular formula is C25H29ClF5N5O. The first-order valence-corrected chi connectivity index (χ1v) is 12.1. The summed E-state index contributed by atoms with van der Waals surface area (Å²) in [6.45, 7) is 2.21. The number of pyridine rings is 1. The van der Waals surface area contributed by atoms with Gasteiger partial charge in [0.2, 0.25) is 0 Å². The molecule has 0 bridgehead atoms. The summed E-state index contributed by atoms with van der Waals surface area (Å²) in [5.41, 5.74) is 0.383. The van der Waals surface area contributed by atoms with Crippen molar-refractivity contribution in [2.75, 3.05) is 33.1 Å². The molecule has 37 heavy (non-hydrogen) atoms. The third kappa shape index (κ3) is 6.56. The number of aryl methyl sites for hydroxylation is 1. The number of halogens is 6. The van der Waals surface area contributed by atoms with E-state index in [9.17, 15) is 13.2 Å². The highest BCUT2D eigenvalue weighted by atomic mass is 35.5. The molecule has 1 aliphatic carbocycles. The Morgan fingerprint density at radius 2 is 1.95 bits per heavy atom. The van der Waals surface area contributed by atoms with E-state index in [1.54, 1.807) is 44.2 Å². The molecule has 0 amide bonds. The van der Waals surface area contributed by atoms with Crippen molar-refractivity contribution in [1.29, 1.82) is 0 Å². The minimum atomic E-state index is -4.63. The topological polar surface area (TPSA) is 63.2 Å². The van der Waals surface area contributed by atoms with Crippen molar-refractivity contribution in [3.05, 3.63) is 51.8 Å². The highest BCUT2D eigenvalue weighted by molar-refractivity contribution is 6.32. The third-order valence-corrected chi connectivity index (χ3v) is 6.35. The van der Waals surface area contributed by atoms with Gasteiger partial charge in [-0.05, 0) is 39.1 Å². The number of hydrogen-bond acceptors (Lipinski definition) is 6. The van der Waals surface area contributed by atoms with Crippen LogP contribution in [-0.2, 0) is 11.2 Å². The molecule has 0 fully saturated rings. The van der Waals surface area contributed by atoms with Crippen LogP contribution in [0.5, 0.6) is 0 Å². The van der Waals surface area contributed by atoms with Crippen LogP contribution >= 0.6 is 11.6 Å². The van der Waals surface area contributed by atoms with Crippen molar-refractivity contribution >= 4 is 23.0 Å². The van der Waals surface area contributed by atoms with Crippen LogP contribution in [0.25, 0.3) is 17.1 Å². The van der Waals surface area contributed by atoms with Crippen LogP contribution in [0.3, 0.4) is 0 Å². The van der Waals surface area contributed by atoms with Crippen LogP contribution < -0.4 is 5.32 Å². The summed E-state index contributed by atoms with van der Waals surface area (Å²) in [7, 11) is 4.72. The molecule has 2 heterocycles. The first-order valence-electron chi connectivity index (χ1n) is 11.7. The lowest BCUT2D eigenvalue weighted by Gasteiger charge is -2.31. The van der Waals surface area contributed by atoms with Gasteiger partial charge in [0.15, 0.2) is 5.82 Å². The highest BCUT2D eigenvalue weighted by Gasteiger charge is 2.38. The zero-order valence-electron chi connectivity index (χ0n) is 21.2. The van der Waals surface area contributed by atoms with Crippen LogP contribution in [-0.4, -0.2) is 66.0 Å². The van der Waals surface area contributed by atoms with Crippen molar-refractivity contribution in [3.63, 3.8) is 0 Å². The standard InChI is InChI=1S/C25H29ClF5N5O/c1-6-7-14-8-9-16(32-11-14)23-34-22(26)20(24(35-23)33-12-25(29,30)31)19-15(27)10-17(37-5)18(21(19)28)13(2)36(3)4/h8-9,11,13,15H,6-7,10,12H2,1-5H3,(H,33,34,35). The number of nitrogens with one attached hydrogen (secondary N) is 1. The van der Waals surface area contributed by atoms with Crippen molar-refractivity contribution in [2.24, 2.45) is 0 Å². The summed E-state index contributed by atoms with van der Waals surface area (Å²) in [6.07, 6.45) is -3.61. The predicted octanol–water partition coefficient (Wildman–Crippen LogP) is 6.39. The molecule has 0 saturated heterocycles. The number of allylic oxidation sites excluding steroid dienone is 2. The van der Waals surface area contributed by atoms with E-state index in [-0.39, 0.29) is 34.8 Å². The van der Waals surface area contributed by atoms with Gasteiger partial charge in [-0.2, -0.15) is 13.2 Å².